The number of urea groups is 1. The number of pyridine rings is 1. The molecule has 3 N–H and O–H groups in total. The average Bonchev–Trinajstić information content (AvgIpc) is 2.32. The van der Waals surface area contributed by atoms with Gasteiger partial charge in [-0.15, -0.1) is 0 Å². The molecule has 2 amide bonds. The Morgan fingerprint density at radius 3 is 2.58 bits per heavy atom. The minimum absolute atomic E-state index is 0.180. The Morgan fingerprint density at radius 1 is 1.37 bits per heavy atom. The molecule has 0 aliphatic carbocycles. The van der Waals surface area contributed by atoms with Gasteiger partial charge >= 0.3 is 12.0 Å². The summed E-state index contributed by atoms with van der Waals surface area (Å²) in [4.78, 5) is 26.8. The van der Waals surface area contributed by atoms with Crippen LogP contribution in [-0.4, -0.2) is 28.1 Å². The zero-order valence-corrected chi connectivity index (χ0v) is 11.3. The number of hydrogen-bond donors (Lipinski definition) is 3. The predicted molar refractivity (Wildman–Crippen MR) is 70.6 cm³/mol. The third-order valence-electron chi connectivity index (χ3n) is 2.60. The van der Waals surface area contributed by atoms with E-state index < -0.39 is 18.0 Å². The Morgan fingerprint density at radius 2 is 2.05 bits per heavy atom. The van der Waals surface area contributed by atoms with E-state index in [9.17, 15) is 9.59 Å². The summed E-state index contributed by atoms with van der Waals surface area (Å²) >= 11 is 0. The van der Waals surface area contributed by atoms with E-state index in [1.807, 2.05) is 19.1 Å². The number of aromatic nitrogens is 1. The monoisotopic (exact) mass is 265 g/mol. The molecule has 0 aromatic carbocycles. The first-order valence-electron chi connectivity index (χ1n) is 6.10. The van der Waals surface area contributed by atoms with Gasteiger partial charge in [0.2, 0.25) is 0 Å². The third kappa shape index (κ3) is 4.95. The minimum Gasteiger partial charge on any atom is -0.480 e. The maximum atomic E-state index is 11.6. The number of rotatable bonds is 5. The summed E-state index contributed by atoms with van der Waals surface area (Å²) < 4.78 is 0. The Labute approximate surface area is 112 Å². The van der Waals surface area contributed by atoms with Crippen molar-refractivity contribution in [3.05, 3.63) is 29.6 Å². The van der Waals surface area contributed by atoms with Crippen LogP contribution in [0.25, 0.3) is 0 Å². The average molecular weight is 265 g/mol. The molecule has 6 nitrogen and oxygen atoms in total. The molecule has 1 heterocycles. The fourth-order valence-corrected chi connectivity index (χ4v) is 1.57. The standard InChI is InChI=1S/C13H19N3O3/c1-8(2)11(12(17)18)16-13(19)14-7-10-6-4-5-9(3)15-10/h4-6,8,11H,7H2,1-3H3,(H,17,18)(H2,14,16,19)/t11-/m1/s1. The molecular weight excluding hydrogens is 246 g/mol. The van der Waals surface area contributed by atoms with Crippen molar-refractivity contribution in [2.45, 2.75) is 33.4 Å². The smallest absolute Gasteiger partial charge is 0.326 e. The van der Waals surface area contributed by atoms with Crippen LogP contribution in [0.4, 0.5) is 4.79 Å². The quantitative estimate of drug-likeness (QED) is 0.748. The van der Waals surface area contributed by atoms with Gasteiger partial charge in [0.05, 0.1) is 12.2 Å². The summed E-state index contributed by atoms with van der Waals surface area (Å²) in [6, 6.07) is 4.10. The van der Waals surface area contributed by atoms with E-state index in [1.165, 1.54) is 0 Å². The zero-order valence-electron chi connectivity index (χ0n) is 11.3. The van der Waals surface area contributed by atoms with Crippen molar-refractivity contribution >= 4 is 12.0 Å². The van der Waals surface area contributed by atoms with Crippen molar-refractivity contribution in [3.8, 4) is 0 Å². The van der Waals surface area contributed by atoms with Gasteiger partial charge < -0.3 is 15.7 Å². The molecule has 0 unspecified atom stereocenters. The molecule has 0 bridgehead atoms. The zero-order chi connectivity index (χ0) is 14.4. The van der Waals surface area contributed by atoms with Gasteiger partial charge in [-0.05, 0) is 25.0 Å². The first-order valence-corrected chi connectivity index (χ1v) is 6.10. The number of nitrogens with one attached hydrogen (secondary N) is 2. The lowest BCUT2D eigenvalue weighted by molar-refractivity contribution is -0.140. The lowest BCUT2D eigenvalue weighted by Crippen LogP contribution is -2.48. The van der Waals surface area contributed by atoms with E-state index in [1.54, 1.807) is 19.9 Å². The number of carboxylic acids is 1. The highest BCUT2D eigenvalue weighted by Crippen LogP contribution is 2.02. The van der Waals surface area contributed by atoms with Crippen LogP contribution >= 0.6 is 0 Å². The molecule has 1 rings (SSSR count). The molecule has 19 heavy (non-hydrogen) atoms. The fourth-order valence-electron chi connectivity index (χ4n) is 1.57. The number of aryl methyl sites for hydroxylation is 1. The highest BCUT2D eigenvalue weighted by Gasteiger charge is 2.23. The maximum Gasteiger partial charge on any atom is 0.326 e. The summed E-state index contributed by atoms with van der Waals surface area (Å²) in [6.45, 7) is 5.60. The highest BCUT2D eigenvalue weighted by molar-refractivity contribution is 5.82. The van der Waals surface area contributed by atoms with Gasteiger partial charge in [-0.1, -0.05) is 19.9 Å². The van der Waals surface area contributed by atoms with Gasteiger partial charge in [-0.2, -0.15) is 0 Å². The molecule has 1 aromatic rings. The minimum atomic E-state index is -1.04. The summed E-state index contributed by atoms with van der Waals surface area (Å²) in [5.74, 6) is -1.22. The first kappa shape index (κ1) is 14.9. The molecular formula is C13H19N3O3. The second-order valence-corrected chi connectivity index (χ2v) is 4.66. The molecule has 1 aromatic heterocycles. The third-order valence-corrected chi connectivity index (χ3v) is 2.60. The van der Waals surface area contributed by atoms with E-state index in [0.717, 1.165) is 11.4 Å². The molecule has 0 spiro atoms. The van der Waals surface area contributed by atoms with Crippen LogP contribution < -0.4 is 10.6 Å². The maximum absolute atomic E-state index is 11.6. The normalized spacial score (nSPS) is 12.0. The summed E-state index contributed by atoms with van der Waals surface area (Å²) in [5.41, 5.74) is 1.59. The number of aliphatic carboxylic acids is 1. The largest absolute Gasteiger partial charge is 0.480 e. The Balaban J connectivity index is 2.49. The van der Waals surface area contributed by atoms with Crippen LogP contribution in [-0.2, 0) is 11.3 Å². The van der Waals surface area contributed by atoms with Crippen LogP contribution in [0, 0.1) is 12.8 Å². The fraction of sp³-hybridized carbons (Fsp3) is 0.462. The van der Waals surface area contributed by atoms with Crippen LogP contribution in [0.15, 0.2) is 18.2 Å². The number of carbonyl (C=O) groups is 2. The van der Waals surface area contributed by atoms with Gasteiger partial charge in [-0.3, -0.25) is 4.98 Å². The van der Waals surface area contributed by atoms with Gasteiger partial charge in [0, 0.05) is 5.69 Å². The van der Waals surface area contributed by atoms with E-state index in [-0.39, 0.29) is 12.5 Å². The Hall–Kier alpha value is -2.11. The van der Waals surface area contributed by atoms with Crippen molar-refractivity contribution in [1.82, 2.24) is 15.6 Å². The Kier molecular flexibility index (Phi) is 5.29. The predicted octanol–water partition coefficient (Wildman–Crippen LogP) is 1.30. The number of amides is 2. The highest BCUT2D eigenvalue weighted by atomic mass is 16.4. The summed E-state index contributed by atoms with van der Waals surface area (Å²) in [6.07, 6.45) is 0. The number of hydrogen-bond acceptors (Lipinski definition) is 3. The summed E-state index contributed by atoms with van der Waals surface area (Å²) in [5, 5.41) is 14.0. The second-order valence-electron chi connectivity index (χ2n) is 4.66. The number of carbonyl (C=O) groups excluding carboxylic acids is 1. The molecule has 0 aliphatic heterocycles. The molecule has 6 heteroatoms. The van der Waals surface area contributed by atoms with Crippen LogP contribution in [0.5, 0.6) is 0 Å². The topological polar surface area (TPSA) is 91.3 Å². The van der Waals surface area contributed by atoms with E-state index >= 15 is 0 Å². The van der Waals surface area contributed by atoms with E-state index in [0.29, 0.717) is 0 Å². The number of nitrogens with zero attached hydrogens (tertiary/aromatic N) is 1. The molecule has 0 aliphatic rings. The van der Waals surface area contributed by atoms with E-state index in [2.05, 4.69) is 15.6 Å². The molecule has 104 valence electrons. The Bertz CT molecular complexity index is 460. The van der Waals surface area contributed by atoms with Gasteiger partial charge in [0.1, 0.15) is 6.04 Å². The SMILES string of the molecule is Cc1cccc(CNC(=O)N[C@@H](C(=O)O)C(C)C)n1. The van der Waals surface area contributed by atoms with Crippen molar-refractivity contribution in [2.75, 3.05) is 0 Å². The molecule has 0 fully saturated rings. The first-order chi connectivity index (χ1) is 8.90. The van der Waals surface area contributed by atoms with Crippen molar-refractivity contribution in [1.29, 1.82) is 0 Å². The van der Waals surface area contributed by atoms with Crippen molar-refractivity contribution < 1.29 is 14.7 Å². The van der Waals surface area contributed by atoms with Crippen LogP contribution in [0.1, 0.15) is 25.2 Å². The van der Waals surface area contributed by atoms with Gasteiger partial charge in [0.15, 0.2) is 0 Å². The van der Waals surface area contributed by atoms with Crippen LogP contribution in [0.3, 0.4) is 0 Å². The lowest BCUT2D eigenvalue weighted by atomic mass is 10.1. The summed E-state index contributed by atoms with van der Waals surface area (Å²) in [7, 11) is 0. The second kappa shape index (κ2) is 6.72. The van der Waals surface area contributed by atoms with Gasteiger partial charge in [0.25, 0.3) is 0 Å². The molecule has 0 saturated heterocycles. The van der Waals surface area contributed by atoms with Gasteiger partial charge in [-0.25, -0.2) is 9.59 Å². The van der Waals surface area contributed by atoms with Crippen LogP contribution in [0.2, 0.25) is 0 Å². The molecule has 1 atom stereocenters. The molecule has 0 radical (unpaired) electrons. The van der Waals surface area contributed by atoms with Crippen molar-refractivity contribution in [2.24, 2.45) is 5.92 Å². The van der Waals surface area contributed by atoms with Crippen molar-refractivity contribution in [3.63, 3.8) is 0 Å². The number of carboxylic acid groups (broad SMARTS) is 1. The van der Waals surface area contributed by atoms with E-state index in [4.69, 9.17) is 5.11 Å². The molecule has 0 saturated carbocycles. The lowest BCUT2D eigenvalue weighted by Gasteiger charge is -2.18.